The molecule has 2 rings (SSSR count). The number of aromatic nitrogens is 1. The summed E-state index contributed by atoms with van der Waals surface area (Å²) in [7, 11) is -7.22. The average molecular weight is 386 g/mol. The molecule has 0 aliphatic carbocycles. The molecular formula is C15H18N2O6S2. The summed E-state index contributed by atoms with van der Waals surface area (Å²) in [5.41, 5.74) is 0.700. The molecule has 1 N–H and O–H groups in total. The van der Waals surface area contributed by atoms with Gasteiger partial charge >= 0.3 is 5.97 Å². The van der Waals surface area contributed by atoms with Crippen LogP contribution in [0.5, 0.6) is 0 Å². The maximum absolute atomic E-state index is 12.4. The Bertz CT molecular complexity index is 1070. The molecule has 0 fully saturated rings. The lowest BCUT2D eigenvalue weighted by Gasteiger charge is -2.06. The summed E-state index contributed by atoms with van der Waals surface area (Å²) in [6, 6.07) is 4.25. The maximum Gasteiger partial charge on any atom is 0.340 e. The van der Waals surface area contributed by atoms with Crippen molar-refractivity contribution in [2.24, 2.45) is 0 Å². The Balaban J connectivity index is 2.79. The Morgan fingerprint density at radius 2 is 1.92 bits per heavy atom. The van der Waals surface area contributed by atoms with Gasteiger partial charge in [-0.05, 0) is 25.1 Å². The molecule has 136 valence electrons. The molecule has 25 heavy (non-hydrogen) atoms. The second-order valence-corrected chi connectivity index (χ2v) is 9.06. The van der Waals surface area contributed by atoms with Crippen molar-refractivity contribution in [3.63, 3.8) is 0 Å². The number of esters is 1. The molecule has 0 spiro atoms. The average Bonchev–Trinajstić information content (AvgIpc) is 2.74. The van der Waals surface area contributed by atoms with Crippen molar-refractivity contribution in [2.45, 2.75) is 6.92 Å². The van der Waals surface area contributed by atoms with Crippen molar-refractivity contribution in [3.8, 4) is 0 Å². The quantitative estimate of drug-likeness (QED) is 0.594. The predicted octanol–water partition coefficient (Wildman–Crippen LogP) is 1.47. The smallest absolute Gasteiger partial charge is 0.340 e. The Hall–Kier alpha value is -2.33. The summed E-state index contributed by atoms with van der Waals surface area (Å²) in [6.45, 7) is 4.90. The molecule has 10 heteroatoms. The van der Waals surface area contributed by atoms with Gasteiger partial charge in [0.25, 0.3) is 0 Å². The molecule has 0 saturated heterocycles. The molecule has 0 amide bonds. The first-order chi connectivity index (χ1) is 11.5. The van der Waals surface area contributed by atoms with Gasteiger partial charge in [-0.3, -0.25) is 4.72 Å². The van der Waals surface area contributed by atoms with E-state index in [4.69, 9.17) is 4.74 Å². The number of fused-ring (bicyclic) bond motifs is 1. The van der Waals surface area contributed by atoms with Gasteiger partial charge in [0.1, 0.15) is 6.61 Å². The minimum absolute atomic E-state index is 0.0366. The van der Waals surface area contributed by atoms with Crippen molar-refractivity contribution >= 4 is 42.6 Å². The first-order valence-corrected chi connectivity index (χ1v) is 10.8. The SMILES string of the molecule is C=CCOC(=O)c1c(C)n(S(C)(=O)=O)c2ccc(NS(C)(=O)=O)cc12. The molecule has 0 aliphatic rings. The summed E-state index contributed by atoms with van der Waals surface area (Å²) in [4.78, 5) is 12.4. The summed E-state index contributed by atoms with van der Waals surface area (Å²) in [6.07, 6.45) is 3.39. The summed E-state index contributed by atoms with van der Waals surface area (Å²) < 4.78 is 55.4. The largest absolute Gasteiger partial charge is 0.458 e. The van der Waals surface area contributed by atoms with Crippen molar-refractivity contribution in [2.75, 3.05) is 23.8 Å². The zero-order valence-corrected chi connectivity index (χ0v) is 15.6. The van der Waals surface area contributed by atoms with Crippen LogP contribution in [0.3, 0.4) is 0 Å². The molecule has 0 aliphatic heterocycles. The second-order valence-electron chi connectivity index (χ2n) is 5.48. The van der Waals surface area contributed by atoms with Crippen LogP contribution in [0.1, 0.15) is 16.1 Å². The van der Waals surface area contributed by atoms with Gasteiger partial charge in [0.05, 0.1) is 23.6 Å². The number of nitrogens with zero attached hydrogens (tertiary/aromatic N) is 1. The monoisotopic (exact) mass is 386 g/mol. The fourth-order valence-corrected chi connectivity index (χ4v) is 4.22. The van der Waals surface area contributed by atoms with Gasteiger partial charge in [-0.15, -0.1) is 0 Å². The number of carbonyl (C=O) groups is 1. The number of carbonyl (C=O) groups excluding carboxylic acids is 1. The fraction of sp³-hybridized carbons (Fsp3) is 0.267. The fourth-order valence-electron chi connectivity index (χ4n) is 2.56. The topological polar surface area (TPSA) is 112 Å². The van der Waals surface area contributed by atoms with E-state index in [1.807, 2.05) is 0 Å². The lowest BCUT2D eigenvalue weighted by atomic mass is 10.1. The van der Waals surface area contributed by atoms with E-state index in [1.165, 1.54) is 31.2 Å². The Labute approximate surface area is 146 Å². The standard InChI is InChI=1S/C15H18N2O6S2/c1-5-8-23-15(18)14-10(2)17(25(4,21)22)13-7-6-11(9-12(13)14)16-24(3,19)20/h5-7,9,16H,1,8H2,2-4H3. The van der Waals surface area contributed by atoms with Crippen LogP contribution < -0.4 is 4.72 Å². The third-order valence-corrected chi connectivity index (χ3v) is 5.06. The lowest BCUT2D eigenvalue weighted by Crippen LogP contribution is -2.13. The molecule has 0 saturated carbocycles. The van der Waals surface area contributed by atoms with Gasteiger partial charge in [0.2, 0.25) is 20.0 Å². The second kappa shape index (κ2) is 6.52. The van der Waals surface area contributed by atoms with Crippen LogP contribution in [0.4, 0.5) is 5.69 Å². The highest BCUT2D eigenvalue weighted by Gasteiger charge is 2.25. The van der Waals surface area contributed by atoms with Gasteiger partial charge in [0, 0.05) is 16.8 Å². The third kappa shape index (κ3) is 4.02. The summed E-state index contributed by atoms with van der Waals surface area (Å²) >= 11 is 0. The molecule has 0 radical (unpaired) electrons. The molecule has 1 aromatic heterocycles. The zero-order valence-electron chi connectivity index (χ0n) is 13.9. The number of hydrogen-bond donors (Lipinski definition) is 1. The predicted molar refractivity (Wildman–Crippen MR) is 95.9 cm³/mol. The molecular weight excluding hydrogens is 368 g/mol. The van der Waals surface area contributed by atoms with Crippen molar-refractivity contribution in [1.82, 2.24) is 3.97 Å². The van der Waals surface area contributed by atoms with Gasteiger partial charge in [-0.2, -0.15) is 0 Å². The first kappa shape index (κ1) is 19.0. The molecule has 1 aromatic carbocycles. The number of hydrogen-bond acceptors (Lipinski definition) is 6. The van der Waals surface area contributed by atoms with E-state index in [1.54, 1.807) is 0 Å². The minimum atomic E-state index is -3.69. The van der Waals surface area contributed by atoms with E-state index < -0.39 is 26.0 Å². The molecule has 0 bridgehead atoms. The number of sulfonamides is 1. The number of nitrogens with one attached hydrogen (secondary N) is 1. The van der Waals surface area contributed by atoms with Gasteiger partial charge in [-0.25, -0.2) is 25.6 Å². The van der Waals surface area contributed by atoms with Crippen LogP contribution in [-0.4, -0.2) is 45.9 Å². The van der Waals surface area contributed by atoms with Crippen LogP contribution in [0.15, 0.2) is 30.9 Å². The molecule has 0 unspecified atom stereocenters. The van der Waals surface area contributed by atoms with Gasteiger partial charge in [0.15, 0.2) is 0 Å². The minimum Gasteiger partial charge on any atom is -0.458 e. The van der Waals surface area contributed by atoms with E-state index in [0.717, 1.165) is 16.5 Å². The maximum atomic E-state index is 12.4. The first-order valence-electron chi connectivity index (χ1n) is 7.07. The van der Waals surface area contributed by atoms with Crippen molar-refractivity contribution < 1.29 is 26.4 Å². The van der Waals surface area contributed by atoms with Crippen molar-refractivity contribution in [1.29, 1.82) is 0 Å². The summed E-state index contributed by atoms with van der Waals surface area (Å²) in [5, 5.41) is 0.269. The Kier molecular flexibility index (Phi) is 4.96. The van der Waals surface area contributed by atoms with Crippen LogP contribution in [0, 0.1) is 6.92 Å². The van der Waals surface area contributed by atoms with E-state index in [-0.39, 0.29) is 34.5 Å². The molecule has 2 aromatic rings. The molecule has 1 heterocycles. The third-order valence-electron chi connectivity index (χ3n) is 3.32. The normalized spacial score (nSPS) is 12.1. The number of benzene rings is 1. The molecule has 0 atom stereocenters. The molecule has 8 nitrogen and oxygen atoms in total. The van der Waals surface area contributed by atoms with Crippen LogP contribution in [-0.2, 0) is 24.8 Å². The van der Waals surface area contributed by atoms with Crippen LogP contribution in [0.25, 0.3) is 10.9 Å². The summed E-state index contributed by atoms with van der Waals surface area (Å²) in [5.74, 6) is -0.721. The van der Waals surface area contributed by atoms with Gasteiger partial charge < -0.3 is 4.74 Å². The Morgan fingerprint density at radius 3 is 2.44 bits per heavy atom. The lowest BCUT2D eigenvalue weighted by molar-refractivity contribution is 0.0551. The van der Waals surface area contributed by atoms with E-state index in [9.17, 15) is 21.6 Å². The van der Waals surface area contributed by atoms with Crippen LogP contribution in [0.2, 0.25) is 0 Å². The van der Waals surface area contributed by atoms with E-state index in [2.05, 4.69) is 11.3 Å². The highest BCUT2D eigenvalue weighted by Crippen LogP contribution is 2.30. The number of ether oxygens (including phenoxy) is 1. The van der Waals surface area contributed by atoms with Crippen molar-refractivity contribution in [3.05, 3.63) is 42.1 Å². The zero-order chi connectivity index (χ0) is 19.0. The highest BCUT2D eigenvalue weighted by molar-refractivity contribution is 7.92. The van der Waals surface area contributed by atoms with Gasteiger partial charge in [-0.1, -0.05) is 12.7 Å². The van der Waals surface area contributed by atoms with Crippen LogP contribution >= 0.6 is 0 Å². The van der Waals surface area contributed by atoms with E-state index >= 15 is 0 Å². The van der Waals surface area contributed by atoms with E-state index in [0.29, 0.717) is 0 Å². The number of rotatable bonds is 6. The highest BCUT2D eigenvalue weighted by atomic mass is 32.2. The number of anilines is 1. The Morgan fingerprint density at radius 1 is 1.28 bits per heavy atom.